The molecule has 0 saturated carbocycles. The van der Waals surface area contributed by atoms with Crippen molar-refractivity contribution in [3.8, 4) is 0 Å². The van der Waals surface area contributed by atoms with Crippen LogP contribution < -0.4 is 0 Å². The third kappa shape index (κ3) is 1.11. The highest BCUT2D eigenvalue weighted by molar-refractivity contribution is 5.48. The van der Waals surface area contributed by atoms with E-state index in [-0.39, 0.29) is 0 Å². The van der Waals surface area contributed by atoms with Gasteiger partial charge >= 0.3 is 0 Å². The second kappa shape index (κ2) is 2.57. The van der Waals surface area contributed by atoms with Crippen molar-refractivity contribution in [3.05, 3.63) is 11.8 Å². The monoisotopic (exact) mass is 152 g/mol. The van der Waals surface area contributed by atoms with E-state index in [9.17, 15) is 4.79 Å². The summed E-state index contributed by atoms with van der Waals surface area (Å²) < 4.78 is 0. The molecule has 0 atom stereocenters. The lowest BCUT2D eigenvalue weighted by atomic mass is 10.3. The summed E-state index contributed by atoms with van der Waals surface area (Å²) in [6, 6.07) is 0. The summed E-state index contributed by atoms with van der Waals surface area (Å²) in [7, 11) is 0. The molecule has 0 radical (unpaired) electrons. The van der Waals surface area contributed by atoms with Gasteiger partial charge in [0.2, 0.25) is 6.41 Å². The highest BCUT2D eigenvalue weighted by atomic mass is 16.1. The van der Waals surface area contributed by atoms with Gasteiger partial charge in [-0.3, -0.25) is 4.79 Å². The van der Waals surface area contributed by atoms with Gasteiger partial charge in [-0.2, -0.15) is 0 Å². The summed E-state index contributed by atoms with van der Waals surface area (Å²) in [5.41, 5.74) is 1.34. The number of carbonyl (C=O) groups is 1. The number of rotatable bonds is 1. The van der Waals surface area contributed by atoms with E-state index in [0.717, 1.165) is 39.0 Å². The Kier molecular flexibility index (Phi) is 1.56. The molecule has 3 nitrogen and oxygen atoms in total. The smallest absolute Gasteiger partial charge is 0.210 e. The van der Waals surface area contributed by atoms with Gasteiger partial charge in [0.1, 0.15) is 0 Å². The zero-order chi connectivity index (χ0) is 7.68. The molecule has 3 heteroatoms. The molecule has 0 aliphatic carbocycles. The summed E-state index contributed by atoms with van der Waals surface area (Å²) in [4.78, 5) is 14.6. The fourth-order valence-electron chi connectivity index (χ4n) is 1.71. The normalized spacial score (nSPS) is 23.1. The Balaban J connectivity index is 2.05. The Morgan fingerprint density at radius 3 is 3.09 bits per heavy atom. The van der Waals surface area contributed by atoms with Crippen molar-refractivity contribution < 1.29 is 4.79 Å². The molecule has 0 N–H and O–H groups in total. The average molecular weight is 152 g/mol. The van der Waals surface area contributed by atoms with E-state index in [2.05, 4.69) is 11.0 Å². The molecule has 0 aromatic heterocycles. The van der Waals surface area contributed by atoms with Crippen molar-refractivity contribution in [2.45, 2.75) is 6.42 Å². The van der Waals surface area contributed by atoms with Crippen molar-refractivity contribution in [2.75, 3.05) is 26.2 Å². The van der Waals surface area contributed by atoms with Gasteiger partial charge in [0, 0.05) is 25.3 Å². The first-order chi connectivity index (χ1) is 5.40. The predicted octanol–water partition coefficient (Wildman–Crippen LogP) is 0.0480. The van der Waals surface area contributed by atoms with E-state index in [1.54, 1.807) is 0 Å². The highest BCUT2D eigenvalue weighted by Crippen LogP contribution is 2.18. The maximum atomic E-state index is 10.4. The van der Waals surface area contributed by atoms with Crippen LogP contribution in [0.4, 0.5) is 0 Å². The standard InChI is InChI=1S/C8H12N2O/c11-7-9-4-5-10-3-1-2-8(10)6-9/h2,7H,1,3-6H2. The first-order valence-corrected chi connectivity index (χ1v) is 4.03. The summed E-state index contributed by atoms with van der Waals surface area (Å²) in [5, 5.41) is 0. The van der Waals surface area contributed by atoms with Crippen LogP contribution in [0.1, 0.15) is 6.42 Å². The third-order valence-electron chi connectivity index (χ3n) is 2.36. The lowest BCUT2D eigenvalue weighted by Gasteiger charge is -2.33. The molecule has 0 aromatic rings. The molecule has 0 bridgehead atoms. The molecule has 2 rings (SSSR count). The number of amides is 1. The Morgan fingerprint density at radius 2 is 2.27 bits per heavy atom. The number of nitrogens with zero attached hydrogens (tertiary/aromatic N) is 2. The minimum absolute atomic E-state index is 0.823. The van der Waals surface area contributed by atoms with E-state index in [4.69, 9.17) is 0 Å². The van der Waals surface area contributed by atoms with E-state index >= 15 is 0 Å². The lowest BCUT2D eigenvalue weighted by molar-refractivity contribution is -0.118. The van der Waals surface area contributed by atoms with Gasteiger partial charge in [0.25, 0.3) is 0 Å². The van der Waals surface area contributed by atoms with Gasteiger partial charge in [-0.1, -0.05) is 6.08 Å². The lowest BCUT2D eigenvalue weighted by Crippen LogP contribution is -2.42. The molecule has 1 amide bonds. The van der Waals surface area contributed by atoms with Crippen molar-refractivity contribution in [3.63, 3.8) is 0 Å². The van der Waals surface area contributed by atoms with E-state index < -0.39 is 0 Å². The van der Waals surface area contributed by atoms with Crippen LogP contribution in [-0.4, -0.2) is 42.4 Å². The second-order valence-electron chi connectivity index (χ2n) is 3.05. The summed E-state index contributed by atoms with van der Waals surface area (Å²) in [5.74, 6) is 0. The molecule has 1 saturated heterocycles. The number of hydrogen-bond donors (Lipinski definition) is 0. The molecular weight excluding hydrogens is 140 g/mol. The number of carbonyl (C=O) groups excluding carboxylic acids is 1. The molecule has 11 heavy (non-hydrogen) atoms. The van der Waals surface area contributed by atoms with Crippen LogP contribution in [0.25, 0.3) is 0 Å². The van der Waals surface area contributed by atoms with Gasteiger partial charge in [-0.25, -0.2) is 0 Å². The molecule has 0 unspecified atom stereocenters. The Morgan fingerprint density at radius 1 is 1.36 bits per heavy atom. The zero-order valence-electron chi connectivity index (χ0n) is 6.49. The fourth-order valence-corrected chi connectivity index (χ4v) is 1.71. The Hall–Kier alpha value is -0.990. The minimum atomic E-state index is 0.823. The van der Waals surface area contributed by atoms with Crippen LogP contribution in [-0.2, 0) is 4.79 Å². The van der Waals surface area contributed by atoms with Crippen molar-refractivity contribution in [2.24, 2.45) is 0 Å². The summed E-state index contributed by atoms with van der Waals surface area (Å²) >= 11 is 0. The summed E-state index contributed by atoms with van der Waals surface area (Å²) in [6.45, 7) is 3.89. The van der Waals surface area contributed by atoms with Gasteiger partial charge in [0.05, 0.1) is 6.54 Å². The topological polar surface area (TPSA) is 23.6 Å². The first-order valence-electron chi connectivity index (χ1n) is 4.03. The van der Waals surface area contributed by atoms with E-state index in [0.29, 0.717) is 0 Å². The van der Waals surface area contributed by atoms with Gasteiger partial charge < -0.3 is 9.80 Å². The Bertz CT molecular complexity index is 200. The maximum absolute atomic E-state index is 10.4. The van der Waals surface area contributed by atoms with Crippen LogP contribution in [0.3, 0.4) is 0 Å². The maximum Gasteiger partial charge on any atom is 0.210 e. The molecule has 2 heterocycles. The highest BCUT2D eigenvalue weighted by Gasteiger charge is 2.21. The summed E-state index contributed by atoms with van der Waals surface area (Å²) in [6.07, 6.45) is 4.33. The average Bonchev–Trinajstić information content (AvgIpc) is 2.50. The van der Waals surface area contributed by atoms with E-state index in [1.165, 1.54) is 5.70 Å². The number of piperazine rings is 1. The molecular formula is C8H12N2O. The van der Waals surface area contributed by atoms with Crippen LogP contribution in [0.15, 0.2) is 11.8 Å². The van der Waals surface area contributed by atoms with Crippen molar-refractivity contribution in [1.82, 2.24) is 9.80 Å². The Labute approximate surface area is 66.3 Å². The molecule has 60 valence electrons. The number of hydrogen-bond acceptors (Lipinski definition) is 2. The molecule has 0 aromatic carbocycles. The van der Waals surface area contributed by atoms with Crippen molar-refractivity contribution in [1.29, 1.82) is 0 Å². The third-order valence-corrected chi connectivity index (χ3v) is 2.36. The molecule has 2 aliphatic rings. The van der Waals surface area contributed by atoms with E-state index in [1.807, 2.05) is 4.90 Å². The van der Waals surface area contributed by atoms with Gasteiger partial charge in [0.15, 0.2) is 0 Å². The second-order valence-corrected chi connectivity index (χ2v) is 3.05. The minimum Gasteiger partial charge on any atom is -0.372 e. The van der Waals surface area contributed by atoms with Crippen LogP contribution in [0.2, 0.25) is 0 Å². The quantitative estimate of drug-likeness (QED) is 0.496. The van der Waals surface area contributed by atoms with Gasteiger partial charge in [-0.05, 0) is 6.42 Å². The zero-order valence-corrected chi connectivity index (χ0v) is 6.49. The fraction of sp³-hybridized carbons (Fsp3) is 0.625. The first kappa shape index (κ1) is 6.70. The molecule has 1 fully saturated rings. The molecule has 2 aliphatic heterocycles. The van der Waals surface area contributed by atoms with Crippen molar-refractivity contribution >= 4 is 6.41 Å². The largest absolute Gasteiger partial charge is 0.372 e. The SMILES string of the molecule is O=CN1CCN2CCC=C2C1. The van der Waals surface area contributed by atoms with Crippen LogP contribution >= 0.6 is 0 Å². The molecule has 0 spiro atoms. The van der Waals surface area contributed by atoms with Gasteiger partial charge in [-0.15, -0.1) is 0 Å². The van der Waals surface area contributed by atoms with Crippen LogP contribution in [0, 0.1) is 0 Å². The number of fused-ring (bicyclic) bond motifs is 1. The predicted molar refractivity (Wildman–Crippen MR) is 41.9 cm³/mol. The van der Waals surface area contributed by atoms with Crippen LogP contribution in [0.5, 0.6) is 0 Å².